The van der Waals surface area contributed by atoms with Crippen LogP contribution in [-0.2, 0) is 6.54 Å². The van der Waals surface area contributed by atoms with Crippen molar-refractivity contribution in [3.8, 4) is 5.82 Å². The van der Waals surface area contributed by atoms with Gasteiger partial charge in [0.2, 0.25) is 0 Å². The molecule has 0 aliphatic heterocycles. The lowest BCUT2D eigenvalue weighted by molar-refractivity contribution is 0.0784. The average molecular weight is 310 g/mol. The topological polar surface area (TPSA) is 51.0 Å². The molecular weight excluding hydrogens is 295 g/mol. The second kappa shape index (κ2) is 6.39. The monoisotopic (exact) mass is 310 g/mol. The zero-order valence-corrected chi connectivity index (χ0v) is 12.6. The highest BCUT2D eigenvalue weighted by Crippen LogP contribution is 2.11. The van der Waals surface area contributed by atoms with Gasteiger partial charge in [0, 0.05) is 32.2 Å². The molecular formula is C17H15FN4O. The zero-order valence-electron chi connectivity index (χ0n) is 12.6. The van der Waals surface area contributed by atoms with Crippen molar-refractivity contribution in [2.75, 3.05) is 7.05 Å². The van der Waals surface area contributed by atoms with Gasteiger partial charge in [0.15, 0.2) is 0 Å². The van der Waals surface area contributed by atoms with Gasteiger partial charge in [-0.1, -0.05) is 12.1 Å². The second-order valence-electron chi connectivity index (χ2n) is 5.16. The summed E-state index contributed by atoms with van der Waals surface area (Å²) in [6.07, 6.45) is 6.63. The molecule has 0 radical (unpaired) electrons. The van der Waals surface area contributed by atoms with Crippen LogP contribution in [0.1, 0.15) is 15.9 Å². The summed E-state index contributed by atoms with van der Waals surface area (Å²) in [4.78, 5) is 22.2. The third-order valence-electron chi connectivity index (χ3n) is 3.44. The Morgan fingerprint density at radius 2 is 2.00 bits per heavy atom. The third-order valence-corrected chi connectivity index (χ3v) is 3.44. The molecule has 3 aromatic rings. The average Bonchev–Trinajstić information content (AvgIpc) is 3.11. The summed E-state index contributed by atoms with van der Waals surface area (Å²) in [6, 6.07) is 9.59. The lowest BCUT2D eigenvalue weighted by Gasteiger charge is -2.17. The Balaban J connectivity index is 1.70. The number of aromatic nitrogens is 3. The van der Waals surface area contributed by atoms with Crippen LogP contribution in [0, 0.1) is 5.82 Å². The van der Waals surface area contributed by atoms with Crippen LogP contribution in [0.15, 0.2) is 61.3 Å². The highest BCUT2D eigenvalue weighted by atomic mass is 19.1. The van der Waals surface area contributed by atoms with Gasteiger partial charge in [-0.15, -0.1) is 0 Å². The van der Waals surface area contributed by atoms with Crippen LogP contribution in [0.4, 0.5) is 4.39 Å². The molecule has 0 atom stereocenters. The van der Waals surface area contributed by atoms with E-state index in [0.29, 0.717) is 17.9 Å². The van der Waals surface area contributed by atoms with Crippen molar-refractivity contribution in [3.05, 3.63) is 78.3 Å². The van der Waals surface area contributed by atoms with E-state index in [1.165, 1.54) is 12.1 Å². The van der Waals surface area contributed by atoms with Gasteiger partial charge in [-0.25, -0.2) is 14.4 Å². The predicted octanol–water partition coefficient (Wildman–Crippen LogP) is 2.68. The van der Waals surface area contributed by atoms with E-state index in [9.17, 15) is 9.18 Å². The second-order valence-corrected chi connectivity index (χ2v) is 5.16. The van der Waals surface area contributed by atoms with Gasteiger partial charge in [0.1, 0.15) is 18.0 Å². The Morgan fingerprint density at radius 3 is 2.61 bits per heavy atom. The summed E-state index contributed by atoms with van der Waals surface area (Å²) in [6.45, 7) is 0.405. The van der Waals surface area contributed by atoms with Crippen molar-refractivity contribution < 1.29 is 9.18 Å². The molecule has 0 aliphatic carbocycles. The molecule has 0 saturated carbocycles. The number of hydrogen-bond donors (Lipinski definition) is 0. The first-order chi connectivity index (χ1) is 11.1. The van der Waals surface area contributed by atoms with Crippen LogP contribution in [-0.4, -0.2) is 32.4 Å². The van der Waals surface area contributed by atoms with E-state index >= 15 is 0 Å². The maximum atomic E-state index is 12.9. The number of halogens is 1. The van der Waals surface area contributed by atoms with E-state index in [0.717, 1.165) is 5.56 Å². The van der Waals surface area contributed by atoms with Crippen molar-refractivity contribution in [2.24, 2.45) is 0 Å². The number of carbonyl (C=O) groups excluding carboxylic acids is 1. The molecule has 0 spiro atoms. The molecule has 0 fully saturated rings. The molecule has 6 heteroatoms. The van der Waals surface area contributed by atoms with Gasteiger partial charge in [-0.3, -0.25) is 9.36 Å². The fourth-order valence-corrected chi connectivity index (χ4v) is 2.22. The standard InChI is InChI=1S/C17H15FN4O/c1-21(11-13-2-5-15(18)6-3-13)17(23)14-4-7-16(20-10-14)22-9-8-19-12-22/h2-10,12H,11H2,1H3. The fourth-order valence-electron chi connectivity index (χ4n) is 2.22. The number of nitrogens with zero attached hydrogens (tertiary/aromatic N) is 4. The number of pyridine rings is 1. The highest BCUT2D eigenvalue weighted by Gasteiger charge is 2.13. The fraction of sp³-hybridized carbons (Fsp3) is 0.118. The Hall–Kier alpha value is -3.02. The maximum Gasteiger partial charge on any atom is 0.255 e. The van der Waals surface area contributed by atoms with Crippen LogP contribution in [0.3, 0.4) is 0 Å². The molecule has 1 amide bonds. The van der Waals surface area contributed by atoms with Crippen LogP contribution in [0.5, 0.6) is 0 Å². The van der Waals surface area contributed by atoms with Crippen LogP contribution >= 0.6 is 0 Å². The Bertz CT molecular complexity index is 782. The molecule has 0 aliphatic rings. The molecule has 116 valence electrons. The summed E-state index contributed by atoms with van der Waals surface area (Å²) in [5.41, 5.74) is 1.36. The smallest absolute Gasteiger partial charge is 0.255 e. The van der Waals surface area contributed by atoms with Gasteiger partial charge in [-0.2, -0.15) is 0 Å². The van der Waals surface area contributed by atoms with Gasteiger partial charge < -0.3 is 4.90 Å². The first kappa shape index (κ1) is 14.9. The van der Waals surface area contributed by atoms with Gasteiger partial charge >= 0.3 is 0 Å². The zero-order chi connectivity index (χ0) is 16.2. The molecule has 2 aromatic heterocycles. The van der Waals surface area contributed by atoms with E-state index in [1.807, 2.05) is 0 Å². The summed E-state index contributed by atoms with van der Waals surface area (Å²) < 4.78 is 14.7. The van der Waals surface area contributed by atoms with Crippen LogP contribution < -0.4 is 0 Å². The molecule has 5 nitrogen and oxygen atoms in total. The van der Waals surface area contributed by atoms with Crippen molar-refractivity contribution in [1.82, 2.24) is 19.4 Å². The Kier molecular flexibility index (Phi) is 4.14. The van der Waals surface area contributed by atoms with Gasteiger partial charge in [-0.05, 0) is 29.8 Å². The molecule has 0 N–H and O–H groups in total. The van der Waals surface area contributed by atoms with E-state index in [-0.39, 0.29) is 11.7 Å². The highest BCUT2D eigenvalue weighted by molar-refractivity contribution is 5.93. The molecule has 0 saturated heterocycles. The third kappa shape index (κ3) is 3.42. The molecule has 0 unspecified atom stereocenters. The van der Waals surface area contributed by atoms with Crippen LogP contribution in [0.25, 0.3) is 5.82 Å². The lowest BCUT2D eigenvalue weighted by atomic mass is 10.2. The van der Waals surface area contributed by atoms with Crippen molar-refractivity contribution >= 4 is 5.91 Å². The Morgan fingerprint density at radius 1 is 1.22 bits per heavy atom. The first-order valence-electron chi connectivity index (χ1n) is 7.08. The van der Waals surface area contributed by atoms with Crippen molar-refractivity contribution in [2.45, 2.75) is 6.54 Å². The minimum atomic E-state index is -0.290. The minimum Gasteiger partial charge on any atom is -0.337 e. The van der Waals surface area contributed by atoms with Gasteiger partial charge in [0.05, 0.1) is 5.56 Å². The SMILES string of the molecule is CN(Cc1ccc(F)cc1)C(=O)c1ccc(-n2ccnc2)nc1. The minimum absolute atomic E-state index is 0.140. The Labute approximate surface area is 133 Å². The largest absolute Gasteiger partial charge is 0.337 e. The lowest BCUT2D eigenvalue weighted by Crippen LogP contribution is -2.26. The summed E-state index contributed by atoms with van der Waals surface area (Å²) in [5, 5.41) is 0. The predicted molar refractivity (Wildman–Crippen MR) is 83.6 cm³/mol. The quantitative estimate of drug-likeness (QED) is 0.744. The number of amides is 1. The summed E-state index contributed by atoms with van der Waals surface area (Å²) in [5.74, 6) is 0.265. The number of benzene rings is 1. The van der Waals surface area contributed by atoms with Crippen molar-refractivity contribution in [1.29, 1.82) is 0 Å². The number of hydrogen-bond acceptors (Lipinski definition) is 3. The number of imidazole rings is 1. The molecule has 1 aromatic carbocycles. The molecule has 2 heterocycles. The van der Waals surface area contributed by atoms with Gasteiger partial charge in [0.25, 0.3) is 5.91 Å². The summed E-state index contributed by atoms with van der Waals surface area (Å²) in [7, 11) is 1.70. The molecule has 0 bridgehead atoms. The number of rotatable bonds is 4. The maximum absolute atomic E-state index is 12.9. The van der Waals surface area contributed by atoms with Crippen molar-refractivity contribution in [3.63, 3.8) is 0 Å². The molecule has 3 rings (SSSR count). The summed E-state index contributed by atoms with van der Waals surface area (Å²) >= 11 is 0. The van der Waals surface area contributed by atoms with E-state index in [4.69, 9.17) is 0 Å². The van der Waals surface area contributed by atoms with E-state index < -0.39 is 0 Å². The first-order valence-corrected chi connectivity index (χ1v) is 7.08. The molecule has 23 heavy (non-hydrogen) atoms. The normalized spacial score (nSPS) is 10.5. The van der Waals surface area contributed by atoms with E-state index in [2.05, 4.69) is 9.97 Å². The van der Waals surface area contributed by atoms with Crippen LogP contribution in [0.2, 0.25) is 0 Å². The van der Waals surface area contributed by atoms with E-state index in [1.54, 1.807) is 65.7 Å². The number of carbonyl (C=O) groups is 1.